The number of nitrogens with one attached hydrogen (secondary N) is 2. The zero-order valence-corrected chi connectivity index (χ0v) is 12.5. The summed E-state index contributed by atoms with van der Waals surface area (Å²) in [6.45, 7) is 3.13. The molecule has 21 heavy (non-hydrogen) atoms. The Labute approximate surface area is 126 Å². The van der Waals surface area contributed by atoms with Crippen molar-refractivity contribution in [3.05, 3.63) is 71.9 Å². The van der Waals surface area contributed by atoms with Crippen molar-refractivity contribution >= 4 is 10.9 Å². The van der Waals surface area contributed by atoms with Crippen molar-refractivity contribution in [3.8, 4) is 0 Å². The quantitative estimate of drug-likeness (QED) is 0.666. The van der Waals surface area contributed by atoms with Crippen LogP contribution >= 0.6 is 0 Å². The van der Waals surface area contributed by atoms with Crippen molar-refractivity contribution in [2.45, 2.75) is 32.4 Å². The van der Waals surface area contributed by atoms with Crippen LogP contribution in [-0.4, -0.2) is 4.98 Å². The molecule has 0 saturated heterocycles. The summed E-state index contributed by atoms with van der Waals surface area (Å²) in [7, 11) is 0. The number of aromatic nitrogens is 1. The molecule has 0 saturated carbocycles. The Morgan fingerprint density at radius 3 is 2.57 bits per heavy atom. The Balaban J connectivity index is 1.75. The molecule has 2 aromatic carbocycles. The summed E-state index contributed by atoms with van der Waals surface area (Å²) >= 11 is 0. The topological polar surface area (TPSA) is 27.8 Å². The van der Waals surface area contributed by atoms with Crippen molar-refractivity contribution in [1.82, 2.24) is 10.3 Å². The van der Waals surface area contributed by atoms with Gasteiger partial charge in [0.25, 0.3) is 0 Å². The van der Waals surface area contributed by atoms with Crippen molar-refractivity contribution < 1.29 is 0 Å². The first kappa shape index (κ1) is 13.9. The molecular formula is C19H22N2. The van der Waals surface area contributed by atoms with Crippen molar-refractivity contribution in [3.63, 3.8) is 0 Å². The van der Waals surface area contributed by atoms with E-state index in [0.717, 1.165) is 13.0 Å². The summed E-state index contributed by atoms with van der Waals surface area (Å²) < 4.78 is 0. The van der Waals surface area contributed by atoms with Gasteiger partial charge in [0.05, 0.1) is 0 Å². The third kappa shape index (κ3) is 3.17. The number of para-hydroxylation sites is 1. The standard InChI is InChI=1S/C19H22N2/c1-2-8-18(15-9-4-3-5-10-15)20-13-16-14-21-19-12-7-6-11-17(16)19/h3-7,9-12,14,18,20-21H,2,8,13H2,1H3. The van der Waals surface area contributed by atoms with Crippen LogP contribution in [0.2, 0.25) is 0 Å². The summed E-state index contributed by atoms with van der Waals surface area (Å²) in [6.07, 6.45) is 4.46. The summed E-state index contributed by atoms with van der Waals surface area (Å²) in [4.78, 5) is 3.34. The summed E-state index contributed by atoms with van der Waals surface area (Å²) in [5, 5.41) is 5.02. The molecule has 0 spiro atoms. The first-order valence-corrected chi connectivity index (χ1v) is 7.72. The van der Waals surface area contributed by atoms with Crippen molar-refractivity contribution in [1.29, 1.82) is 0 Å². The van der Waals surface area contributed by atoms with Crippen LogP contribution in [0.4, 0.5) is 0 Å². The number of hydrogen-bond donors (Lipinski definition) is 2. The number of fused-ring (bicyclic) bond motifs is 1. The Bertz CT molecular complexity index is 685. The largest absolute Gasteiger partial charge is 0.361 e. The Kier molecular flexibility index (Phi) is 4.37. The second kappa shape index (κ2) is 6.59. The molecule has 1 atom stereocenters. The van der Waals surface area contributed by atoms with Gasteiger partial charge in [0.1, 0.15) is 0 Å². The molecule has 0 fully saturated rings. The lowest BCUT2D eigenvalue weighted by Crippen LogP contribution is -2.20. The van der Waals surface area contributed by atoms with Gasteiger partial charge in [-0.15, -0.1) is 0 Å². The molecule has 0 bridgehead atoms. The van der Waals surface area contributed by atoms with Crippen LogP contribution in [-0.2, 0) is 6.54 Å². The molecule has 1 aromatic heterocycles. The Morgan fingerprint density at radius 2 is 1.76 bits per heavy atom. The van der Waals surface area contributed by atoms with Gasteiger partial charge in [0.2, 0.25) is 0 Å². The third-order valence-electron chi connectivity index (χ3n) is 3.99. The molecule has 0 amide bonds. The second-order valence-corrected chi connectivity index (χ2v) is 5.49. The minimum atomic E-state index is 0.421. The van der Waals surface area contributed by atoms with Crippen LogP contribution in [0.25, 0.3) is 10.9 Å². The maximum atomic E-state index is 3.71. The van der Waals surface area contributed by atoms with Crippen LogP contribution in [0, 0.1) is 0 Å². The second-order valence-electron chi connectivity index (χ2n) is 5.49. The molecule has 1 heterocycles. The Morgan fingerprint density at radius 1 is 1.00 bits per heavy atom. The van der Waals surface area contributed by atoms with Gasteiger partial charge < -0.3 is 10.3 Å². The highest BCUT2D eigenvalue weighted by Crippen LogP contribution is 2.21. The minimum absolute atomic E-state index is 0.421. The molecule has 0 aliphatic rings. The first-order valence-electron chi connectivity index (χ1n) is 7.72. The fraction of sp³-hybridized carbons (Fsp3) is 0.263. The van der Waals surface area contributed by atoms with Crippen molar-refractivity contribution in [2.24, 2.45) is 0 Å². The fourth-order valence-electron chi connectivity index (χ4n) is 2.87. The number of H-pyrrole nitrogens is 1. The average Bonchev–Trinajstić information content (AvgIpc) is 2.95. The van der Waals surface area contributed by atoms with E-state index in [1.807, 2.05) is 0 Å². The monoisotopic (exact) mass is 278 g/mol. The van der Waals surface area contributed by atoms with E-state index < -0.39 is 0 Å². The van der Waals surface area contributed by atoms with E-state index >= 15 is 0 Å². The van der Waals surface area contributed by atoms with Crippen LogP contribution < -0.4 is 5.32 Å². The van der Waals surface area contributed by atoms with Gasteiger partial charge in [-0.2, -0.15) is 0 Å². The van der Waals surface area contributed by atoms with Gasteiger partial charge in [0, 0.05) is 29.7 Å². The molecule has 2 heteroatoms. The van der Waals surface area contributed by atoms with E-state index in [2.05, 4.69) is 78.0 Å². The zero-order valence-electron chi connectivity index (χ0n) is 12.5. The van der Waals surface area contributed by atoms with Gasteiger partial charge in [-0.05, 0) is 23.6 Å². The van der Waals surface area contributed by atoms with Gasteiger partial charge in [-0.1, -0.05) is 61.9 Å². The number of benzene rings is 2. The van der Waals surface area contributed by atoms with Crippen LogP contribution in [0.5, 0.6) is 0 Å². The number of aromatic amines is 1. The van der Waals surface area contributed by atoms with Gasteiger partial charge in [-0.25, -0.2) is 0 Å². The van der Waals surface area contributed by atoms with E-state index in [4.69, 9.17) is 0 Å². The molecule has 1 unspecified atom stereocenters. The molecular weight excluding hydrogens is 256 g/mol. The van der Waals surface area contributed by atoms with Crippen molar-refractivity contribution in [2.75, 3.05) is 0 Å². The number of rotatable bonds is 6. The van der Waals surface area contributed by atoms with Gasteiger partial charge >= 0.3 is 0 Å². The molecule has 0 aliphatic carbocycles. The molecule has 3 rings (SSSR count). The molecule has 108 valence electrons. The van der Waals surface area contributed by atoms with E-state index in [0.29, 0.717) is 6.04 Å². The van der Waals surface area contributed by atoms with Crippen LogP contribution in [0.3, 0.4) is 0 Å². The van der Waals surface area contributed by atoms with Gasteiger partial charge in [-0.3, -0.25) is 0 Å². The van der Waals surface area contributed by atoms with E-state index in [-0.39, 0.29) is 0 Å². The van der Waals surface area contributed by atoms with Crippen LogP contribution in [0.15, 0.2) is 60.8 Å². The summed E-state index contributed by atoms with van der Waals surface area (Å²) in [6, 6.07) is 19.6. The lowest BCUT2D eigenvalue weighted by atomic mass is 10.0. The molecule has 2 N–H and O–H groups in total. The molecule has 0 radical (unpaired) electrons. The minimum Gasteiger partial charge on any atom is -0.361 e. The normalized spacial score (nSPS) is 12.6. The molecule has 2 nitrogen and oxygen atoms in total. The Hall–Kier alpha value is -2.06. The molecule has 3 aromatic rings. The van der Waals surface area contributed by atoms with Crippen LogP contribution in [0.1, 0.15) is 36.9 Å². The highest BCUT2D eigenvalue weighted by atomic mass is 14.9. The highest BCUT2D eigenvalue weighted by molar-refractivity contribution is 5.82. The number of hydrogen-bond acceptors (Lipinski definition) is 1. The van der Waals surface area contributed by atoms with E-state index in [1.54, 1.807) is 0 Å². The van der Waals surface area contributed by atoms with E-state index in [9.17, 15) is 0 Å². The lowest BCUT2D eigenvalue weighted by Gasteiger charge is -2.18. The third-order valence-corrected chi connectivity index (χ3v) is 3.99. The maximum absolute atomic E-state index is 3.71. The predicted molar refractivity (Wildman–Crippen MR) is 89.2 cm³/mol. The summed E-state index contributed by atoms with van der Waals surface area (Å²) in [5.41, 5.74) is 3.92. The average molecular weight is 278 g/mol. The lowest BCUT2D eigenvalue weighted by molar-refractivity contribution is 0.494. The van der Waals surface area contributed by atoms with E-state index in [1.165, 1.54) is 28.5 Å². The maximum Gasteiger partial charge on any atom is 0.0457 e. The highest BCUT2D eigenvalue weighted by Gasteiger charge is 2.10. The zero-order chi connectivity index (χ0) is 14.5. The predicted octanol–water partition coefficient (Wildman–Crippen LogP) is 4.80. The SMILES string of the molecule is CCCC(NCc1c[nH]c2ccccc12)c1ccccc1. The van der Waals surface area contributed by atoms with Gasteiger partial charge in [0.15, 0.2) is 0 Å². The first-order chi connectivity index (χ1) is 10.4. The smallest absolute Gasteiger partial charge is 0.0457 e. The fourth-order valence-corrected chi connectivity index (χ4v) is 2.87. The summed E-state index contributed by atoms with van der Waals surface area (Å²) in [5.74, 6) is 0. The molecule has 0 aliphatic heterocycles.